The Kier molecular flexibility index (Phi) is 5.23. The fourth-order valence-corrected chi connectivity index (χ4v) is 2.97. The number of carbonyl (C=O) groups is 2. The number of anilines is 1. The van der Waals surface area contributed by atoms with E-state index in [9.17, 15) is 19.7 Å². The summed E-state index contributed by atoms with van der Waals surface area (Å²) in [4.78, 5) is 36.8. The summed E-state index contributed by atoms with van der Waals surface area (Å²) in [5.41, 5.74) is 0.513. The number of hydrogen-bond acceptors (Lipinski definition) is 5. The second-order valence-corrected chi connectivity index (χ2v) is 6.13. The first-order valence-electron chi connectivity index (χ1n) is 8.21. The molecule has 0 radical (unpaired) electrons. The lowest BCUT2D eigenvalue weighted by molar-refractivity contribution is -0.384. The molecule has 0 aliphatic carbocycles. The van der Waals surface area contributed by atoms with Crippen molar-refractivity contribution < 1.29 is 19.2 Å². The van der Waals surface area contributed by atoms with Gasteiger partial charge in [-0.2, -0.15) is 0 Å². The molecule has 0 aromatic heterocycles. The molecule has 138 valence electrons. The lowest BCUT2D eigenvalue weighted by atomic mass is 10.1. The number of benzene rings is 2. The van der Waals surface area contributed by atoms with E-state index in [0.29, 0.717) is 23.6 Å². The molecule has 0 atom stereocenters. The third kappa shape index (κ3) is 3.41. The summed E-state index contributed by atoms with van der Waals surface area (Å²) in [6.07, 6.45) is 0.767. The summed E-state index contributed by atoms with van der Waals surface area (Å²) in [5, 5.41) is 10.6. The Bertz CT molecular complexity index is 953. The molecule has 8 heteroatoms. The number of rotatable bonds is 6. The van der Waals surface area contributed by atoms with Crippen LogP contribution in [0, 0.1) is 10.1 Å². The second-order valence-electron chi connectivity index (χ2n) is 5.75. The zero-order valence-electron chi connectivity index (χ0n) is 14.3. The van der Waals surface area contributed by atoms with E-state index in [4.69, 9.17) is 16.3 Å². The molecule has 0 spiro atoms. The lowest BCUT2D eigenvalue weighted by Crippen LogP contribution is -2.31. The summed E-state index contributed by atoms with van der Waals surface area (Å²) in [7, 11) is 0. The van der Waals surface area contributed by atoms with Crippen LogP contribution in [0.4, 0.5) is 11.4 Å². The molecule has 0 N–H and O–H groups in total. The van der Waals surface area contributed by atoms with Gasteiger partial charge in [-0.1, -0.05) is 30.7 Å². The first-order chi connectivity index (χ1) is 13.0. The average Bonchev–Trinajstić information content (AvgIpc) is 2.89. The molecule has 2 amide bonds. The van der Waals surface area contributed by atoms with Gasteiger partial charge in [-0.05, 0) is 36.2 Å². The van der Waals surface area contributed by atoms with Crippen LogP contribution >= 0.6 is 11.6 Å². The van der Waals surface area contributed by atoms with Gasteiger partial charge in [0, 0.05) is 12.1 Å². The van der Waals surface area contributed by atoms with Crippen molar-refractivity contribution in [2.24, 2.45) is 0 Å². The van der Waals surface area contributed by atoms with Gasteiger partial charge >= 0.3 is 0 Å². The fourth-order valence-electron chi connectivity index (χ4n) is 2.70. The molecule has 0 bridgehead atoms. The van der Waals surface area contributed by atoms with Crippen LogP contribution in [-0.2, 0) is 9.59 Å². The van der Waals surface area contributed by atoms with Crippen LogP contribution in [-0.4, -0.2) is 23.3 Å². The number of ether oxygens (including phenoxy) is 1. The molecule has 0 unspecified atom stereocenters. The maximum absolute atomic E-state index is 12.9. The molecule has 7 nitrogen and oxygen atoms in total. The summed E-state index contributed by atoms with van der Waals surface area (Å²) < 4.78 is 5.63. The van der Waals surface area contributed by atoms with Crippen molar-refractivity contribution in [3.05, 3.63) is 69.2 Å². The van der Waals surface area contributed by atoms with Gasteiger partial charge in [0.05, 0.1) is 22.8 Å². The Morgan fingerprint density at radius 1 is 1.07 bits per heavy atom. The number of amides is 2. The van der Waals surface area contributed by atoms with Gasteiger partial charge in [0.15, 0.2) is 0 Å². The van der Waals surface area contributed by atoms with Crippen LogP contribution < -0.4 is 9.64 Å². The van der Waals surface area contributed by atoms with Crippen molar-refractivity contribution in [2.45, 2.75) is 13.3 Å². The van der Waals surface area contributed by atoms with E-state index in [2.05, 4.69) is 0 Å². The summed E-state index contributed by atoms with van der Waals surface area (Å²) in [6.45, 7) is 2.38. The largest absolute Gasteiger partial charge is 0.491 e. The van der Waals surface area contributed by atoms with Crippen molar-refractivity contribution in [1.29, 1.82) is 0 Å². The van der Waals surface area contributed by atoms with E-state index in [-0.39, 0.29) is 16.3 Å². The highest BCUT2D eigenvalue weighted by atomic mass is 35.5. The summed E-state index contributed by atoms with van der Waals surface area (Å²) in [6, 6.07) is 12.0. The summed E-state index contributed by atoms with van der Waals surface area (Å²) >= 11 is 6.15. The minimum atomic E-state index is -0.664. The number of imide groups is 1. The van der Waals surface area contributed by atoms with E-state index in [1.165, 1.54) is 24.3 Å². The van der Waals surface area contributed by atoms with Gasteiger partial charge in [-0.3, -0.25) is 19.7 Å². The zero-order chi connectivity index (χ0) is 19.6. The number of nitro benzene ring substituents is 1. The predicted octanol–water partition coefficient (Wildman–Crippen LogP) is 3.91. The molecular formula is C19H15ClN2O5. The van der Waals surface area contributed by atoms with Gasteiger partial charge < -0.3 is 4.74 Å². The quantitative estimate of drug-likeness (QED) is 0.426. The van der Waals surface area contributed by atoms with E-state index < -0.39 is 16.7 Å². The second kappa shape index (κ2) is 7.59. The van der Waals surface area contributed by atoms with Gasteiger partial charge in [0.25, 0.3) is 17.5 Å². The Labute approximate surface area is 160 Å². The molecule has 1 heterocycles. The standard InChI is InChI=1S/C19H15ClN2O5/c1-2-11-27-15-6-4-3-5-14(15)21-18(23)16(17(20)19(21)24)12-7-9-13(10-8-12)22(25)26/h3-10H,2,11H2,1H3. The SMILES string of the molecule is CCCOc1ccccc1N1C(=O)C(Cl)=C(c2ccc([N+](=O)[O-])cc2)C1=O. The van der Waals surface area contributed by atoms with Gasteiger partial charge in [-0.25, -0.2) is 4.90 Å². The first-order valence-corrected chi connectivity index (χ1v) is 8.58. The zero-order valence-corrected chi connectivity index (χ0v) is 15.1. The van der Waals surface area contributed by atoms with Crippen molar-refractivity contribution in [1.82, 2.24) is 0 Å². The number of non-ortho nitro benzene ring substituents is 1. The summed E-state index contributed by atoms with van der Waals surface area (Å²) in [5.74, 6) is -0.871. The van der Waals surface area contributed by atoms with Crippen molar-refractivity contribution in [3.63, 3.8) is 0 Å². The highest BCUT2D eigenvalue weighted by molar-refractivity contribution is 6.60. The van der Waals surface area contributed by atoms with Crippen LogP contribution in [0.2, 0.25) is 0 Å². The third-order valence-corrected chi connectivity index (χ3v) is 4.31. The molecule has 0 saturated carbocycles. The van der Waals surface area contributed by atoms with E-state index in [1.807, 2.05) is 6.92 Å². The minimum Gasteiger partial charge on any atom is -0.491 e. The minimum absolute atomic E-state index is 0.00172. The first kappa shape index (κ1) is 18.6. The number of para-hydroxylation sites is 2. The highest BCUT2D eigenvalue weighted by Crippen LogP contribution is 2.38. The average molecular weight is 387 g/mol. The molecular weight excluding hydrogens is 372 g/mol. The Hall–Kier alpha value is -3.19. The number of hydrogen-bond donors (Lipinski definition) is 0. The fraction of sp³-hybridized carbons (Fsp3) is 0.158. The van der Waals surface area contributed by atoms with Crippen LogP contribution in [0.3, 0.4) is 0 Å². The molecule has 2 aromatic rings. The number of halogens is 1. The normalized spacial score (nSPS) is 14.1. The molecule has 1 aliphatic heterocycles. The van der Waals surface area contributed by atoms with E-state index in [1.54, 1.807) is 24.3 Å². The maximum atomic E-state index is 12.9. The Balaban J connectivity index is 1.99. The smallest absolute Gasteiger partial charge is 0.277 e. The van der Waals surface area contributed by atoms with Crippen molar-refractivity contribution >= 4 is 40.4 Å². The van der Waals surface area contributed by atoms with Crippen LogP contribution in [0.25, 0.3) is 5.57 Å². The Morgan fingerprint density at radius 3 is 2.37 bits per heavy atom. The van der Waals surface area contributed by atoms with Crippen molar-refractivity contribution in [3.8, 4) is 5.75 Å². The van der Waals surface area contributed by atoms with E-state index >= 15 is 0 Å². The van der Waals surface area contributed by atoms with Crippen LogP contribution in [0.5, 0.6) is 5.75 Å². The van der Waals surface area contributed by atoms with E-state index in [0.717, 1.165) is 11.3 Å². The molecule has 1 aliphatic rings. The lowest BCUT2D eigenvalue weighted by Gasteiger charge is -2.18. The predicted molar refractivity (Wildman–Crippen MR) is 101 cm³/mol. The number of nitro groups is 1. The van der Waals surface area contributed by atoms with Crippen LogP contribution in [0.15, 0.2) is 53.6 Å². The molecule has 2 aromatic carbocycles. The monoisotopic (exact) mass is 386 g/mol. The molecule has 0 saturated heterocycles. The molecule has 27 heavy (non-hydrogen) atoms. The van der Waals surface area contributed by atoms with Gasteiger partial charge in [0.2, 0.25) is 0 Å². The Morgan fingerprint density at radius 2 is 1.74 bits per heavy atom. The molecule has 0 fully saturated rings. The maximum Gasteiger partial charge on any atom is 0.277 e. The molecule has 3 rings (SSSR count). The third-order valence-electron chi connectivity index (χ3n) is 3.96. The van der Waals surface area contributed by atoms with Gasteiger partial charge in [0.1, 0.15) is 10.8 Å². The topological polar surface area (TPSA) is 89.8 Å². The van der Waals surface area contributed by atoms with Crippen molar-refractivity contribution in [2.75, 3.05) is 11.5 Å². The van der Waals surface area contributed by atoms with Gasteiger partial charge in [-0.15, -0.1) is 0 Å². The number of nitrogens with zero attached hydrogens (tertiary/aromatic N) is 2. The van der Waals surface area contributed by atoms with Crippen LogP contribution in [0.1, 0.15) is 18.9 Å². The highest BCUT2D eigenvalue weighted by Gasteiger charge is 2.40. The number of carbonyl (C=O) groups excluding carboxylic acids is 2.